The highest BCUT2D eigenvalue weighted by Crippen LogP contribution is 2.42. The first-order valence-corrected chi connectivity index (χ1v) is 13.8. The number of nitrogens with two attached hydrogens (primary N) is 1. The molecule has 4 N–H and O–H groups in total. The highest BCUT2D eigenvalue weighted by atomic mass is 35.5. The second-order valence-corrected chi connectivity index (χ2v) is 10.9. The number of fused-ring (bicyclic) bond motifs is 2. The first kappa shape index (κ1) is 26.7. The molecule has 8 nitrogen and oxygen atoms in total. The van der Waals surface area contributed by atoms with Gasteiger partial charge in [-0.15, -0.1) is 0 Å². The molecule has 2 saturated heterocycles. The fourth-order valence-corrected chi connectivity index (χ4v) is 5.91. The van der Waals surface area contributed by atoms with E-state index in [1.54, 1.807) is 6.07 Å². The van der Waals surface area contributed by atoms with Crippen molar-refractivity contribution in [2.24, 2.45) is 0 Å². The zero-order valence-corrected chi connectivity index (χ0v) is 22.9. The average Bonchev–Trinajstić information content (AvgIpc) is 3.55. The van der Waals surface area contributed by atoms with Gasteiger partial charge in [-0.2, -0.15) is 9.97 Å². The van der Waals surface area contributed by atoms with Gasteiger partial charge in [0.25, 0.3) is 0 Å². The number of anilines is 2. The Morgan fingerprint density at radius 2 is 1.87 bits per heavy atom. The Morgan fingerprint density at radius 1 is 1.13 bits per heavy atom. The predicted octanol–water partition coefficient (Wildman–Crippen LogP) is 5.30. The minimum Gasteiger partial charge on any atom is -0.467 e. The second-order valence-electron chi connectivity index (χ2n) is 9.51. The van der Waals surface area contributed by atoms with Gasteiger partial charge < -0.3 is 26.0 Å². The van der Waals surface area contributed by atoms with E-state index in [4.69, 9.17) is 22.1 Å². The van der Waals surface area contributed by atoms with Crippen molar-refractivity contribution in [2.45, 2.75) is 31.7 Å². The maximum absolute atomic E-state index is 15.9. The van der Waals surface area contributed by atoms with Crippen LogP contribution in [-0.2, 0) is 0 Å². The molecule has 38 heavy (non-hydrogen) atoms. The van der Waals surface area contributed by atoms with Crippen LogP contribution >= 0.6 is 22.9 Å². The van der Waals surface area contributed by atoms with E-state index in [1.165, 1.54) is 45.2 Å². The van der Waals surface area contributed by atoms with E-state index in [2.05, 4.69) is 37.5 Å². The van der Waals surface area contributed by atoms with E-state index in [1.807, 2.05) is 0 Å². The molecule has 12 heteroatoms. The second kappa shape index (κ2) is 11.5. The summed E-state index contributed by atoms with van der Waals surface area (Å²) in [5.74, 6) is -0.693. The molecule has 202 valence electrons. The molecule has 0 atom stereocenters. The molecule has 0 unspecified atom stereocenters. The van der Waals surface area contributed by atoms with Crippen LogP contribution < -0.4 is 21.1 Å². The van der Waals surface area contributed by atoms with Crippen molar-refractivity contribution in [1.29, 1.82) is 0 Å². The monoisotopic (exact) mass is 561 g/mol. The van der Waals surface area contributed by atoms with Crippen molar-refractivity contribution in [1.82, 2.24) is 25.2 Å². The number of thiazole rings is 1. The van der Waals surface area contributed by atoms with Crippen LogP contribution in [0.3, 0.4) is 0 Å². The summed E-state index contributed by atoms with van der Waals surface area (Å²) in [6.07, 6.45) is 4.63. The Bertz CT molecular complexity index is 1460. The molecule has 6 rings (SSSR count). The molecule has 0 radical (unpaired) electrons. The molecule has 2 aliphatic rings. The molecule has 0 aliphatic carbocycles. The van der Waals surface area contributed by atoms with E-state index < -0.39 is 11.6 Å². The lowest BCUT2D eigenvalue weighted by atomic mass is 10.0. The van der Waals surface area contributed by atoms with Crippen molar-refractivity contribution < 1.29 is 13.5 Å². The minimum atomic E-state index is -0.666. The summed E-state index contributed by atoms with van der Waals surface area (Å²) in [5.41, 5.74) is 6.49. The lowest BCUT2D eigenvalue weighted by Gasteiger charge is -2.25. The maximum Gasteiger partial charge on any atom is 0.318 e. The molecule has 2 aromatic carbocycles. The van der Waals surface area contributed by atoms with Crippen LogP contribution in [0.2, 0.25) is 5.02 Å². The number of nitrogen functional groups attached to an aromatic ring is 1. The molecule has 2 aliphatic heterocycles. The standard InChI is InChI=1S/C21H19ClF2N6OS.C5H11N/c1-31-21-29-16-11(19(30-21)27-9-4-6-26-7-5-9)8-12(22)14(15(16)24)10-2-3-13(23)18-17(10)28-20(25)32-18;1-6-4-2-3-5-6/h2-3,8-9,26H,4-7H2,1H3,(H2,25,28)(H,27,29,30);2-5H2,1H3. The highest BCUT2D eigenvalue weighted by Gasteiger charge is 2.24. The Balaban J connectivity index is 0.000000433. The summed E-state index contributed by atoms with van der Waals surface area (Å²) in [6, 6.07) is 4.52. The number of methoxy groups -OCH3 is 1. The normalized spacial score (nSPS) is 16.6. The fraction of sp³-hybridized carbons (Fsp3) is 0.423. The van der Waals surface area contributed by atoms with Crippen molar-refractivity contribution in [3.8, 4) is 17.1 Å². The van der Waals surface area contributed by atoms with Crippen LogP contribution in [0, 0.1) is 11.6 Å². The molecule has 2 fully saturated rings. The van der Waals surface area contributed by atoms with Gasteiger partial charge in [0, 0.05) is 22.6 Å². The Labute approximate surface area is 228 Å². The predicted molar refractivity (Wildman–Crippen MR) is 150 cm³/mol. The van der Waals surface area contributed by atoms with E-state index in [9.17, 15) is 4.39 Å². The SMILES string of the molecule is CN1CCCC1.COc1nc(NC2CCNCC2)c2cc(Cl)c(-c3ccc(F)c4sc(N)nc34)c(F)c2n1. The highest BCUT2D eigenvalue weighted by molar-refractivity contribution is 7.22. The lowest BCUT2D eigenvalue weighted by Crippen LogP contribution is -2.35. The minimum absolute atomic E-state index is 0.0308. The van der Waals surface area contributed by atoms with Gasteiger partial charge >= 0.3 is 6.01 Å². The van der Waals surface area contributed by atoms with E-state index >= 15 is 4.39 Å². The number of ether oxygens (including phenoxy) is 1. The number of halogens is 3. The Kier molecular flexibility index (Phi) is 8.08. The molecular formula is C26H30ClF2N7OS. The molecule has 0 amide bonds. The number of hydrogen-bond donors (Lipinski definition) is 3. The molecule has 4 aromatic rings. The van der Waals surface area contributed by atoms with Gasteiger partial charge in [0.05, 0.1) is 22.3 Å². The van der Waals surface area contributed by atoms with Crippen molar-refractivity contribution in [2.75, 3.05) is 51.4 Å². The number of aromatic nitrogens is 3. The summed E-state index contributed by atoms with van der Waals surface area (Å²) >= 11 is 7.56. The number of piperidine rings is 1. The summed E-state index contributed by atoms with van der Waals surface area (Å²) in [6.45, 7) is 4.41. The zero-order valence-electron chi connectivity index (χ0n) is 21.3. The Morgan fingerprint density at radius 3 is 2.53 bits per heavy atom. The third-order valence-corrected chi connectivity index (χ3v) is 8.03. The van der Waals surface area contributed by atoms with Crippen molar-refractivity contribution >= 4 is 55.0 Å². The lowest BCUT2D eigenvalue weighted by molar-refractivity contribution is 0.381. The van der Waals surface area contributed by atoms with Gasteiger partial charge in [-0.25, -0.2) is 13.8 Å². The van der Waals surface area contributed by atoms with Crippen LogP contribution in [0.15, 0.2) is 18.2 Å². The summed E-state index contributed by atoms with van der Waals surface area (Å²) in [7, 11) is 3.60. The molecule has 0 bridgehead atoms. The quantitative estimate of drug-likeness (QED) is 0.308. The van der Waals surface area contributed by atoms with Gasteiger partial charge in [-0.1, -0.05) is 22.9 Å². The van der Waals surface area contributed by atoms with Crippen LogP contribution in [0.25, 0.3) is 32.2 Å². The first-order chi connectivity index (χ1) is 18.4. The Hall–Kier alpha value is -2.86. The molecule has 0 spiro atoms. The number of benzene rings is 2. The van der Waals surface area contributed by atoms with Crippen molar-refractivity contribution in [3.63, 3.8) is 0 Å². The maximum atomic E-state index is 15.9. The van der Waals surface area contributed by atoms with E-state index in [-0.39, 0.29) is 43.5 Å². The van der Waals surface area contributed by atoms with E-state index in [0.29, 0.717) is 16.8 Å². The first-order valence-electron chi connectivity index (χ1n) is 12.6. The van der Waals surface area contributed by atoms with Crippen LogP contribution in [0.1, 0.15) is 25.7 Å². The molecule has 0 saturated carbocycles. The smallest absolute Gasteiger partial charge is 0.318 e. The van der Waals surface area contributed by atoms with Crippen LogP contribution in [-0.4, -0.2) is 66.2 Å². The van der Waals surface area contributed by atoms with Gasteiger partial charge in [-0.3, -0.25) is 0 Å². The topological polar surface area (TPSA) is 101 Å². The van der Waals surface area contributed by atoms with Gasteiger partial charge in [0.15, 0.2) is 10.9 Å². The van der Waals surface area contributed by atoms with Crippen LogP contribution in [0.5, 0.6) is 6.01 Å². The van der Waals surface area contributed by atoms with Gasteiger partial charge in [-0.05, 0) is 77.1 Å². The number of likely N-dealkylation sites (tertiary alicyclic amines) is 1. The average molecular weight is 562 g/mol. The van der Waals surface area contributed by atoms with Crippen molar-refractivity contribution in [3.05, 3.63) is 34.9 Å². The summed E-state index contributed by atoms with van der Waals surface area (Å²) in [4.78, 5) is 15.2. The third kappa shape index (κ3) is 5.47. The third-order valence-electron chi connectivity index (χ3n) is 6.84. The van der Waals surface area contributed by atoms with Gasteiger partial charge in [0.1, 0.15) is 17.2 Å². The van der Waals surface area contributed by atoms with Crippen LogP contribution in [0.4, 0.5) is 19.7 Å². The fourth-order valence-electron chi connectivity index (χ4n) is 4.85. The number of rotatable bonds is 4. The molecule has 2 aromatic heterocycles. The molecular weight excluding hydrogens is 532 g/mol. The zero-order chi connectivity index (χ0) is 26.8. The molecule has 4 heterocycles. The largest absolute Gasteiger partial charge is 0.467 e. The van der Waals surface area contributed by atoms with E-state index in [0.717, 1.165) is 37.3 Å². The number of hydrogen-bond acceptors (Lipinski definition) is 9. The summed E-state index contributed by atoms with van der Waals surface area (Å²) < 4.78 is 35.6. The summed E-state index contributed by atoms with van der Waals surface area (Å²) in [5, 5.41) is 7.44. The number of nitrogens with one attached hydrogen (secondary N) is 2. The number of nitrogens with zero attached hydrogens (tertiary/aromatic N) is 4. The van der Waals surface area contributed by atoms with Gasteiger partial charge in [0.2, 0.25) is 0 Å².